The maximum Gasteiger partial charge on any atom is 0.323 e. The molecule has 1 fully saturated rings. The summed E-state index contributed by atoms with van der Waals surface area (Å²) in [7, 11) is 0. The van der Waals surface area contributed by atoms with E-state index in [-0.39, 0.29) is 6.03 Å². The smallest absolute Gasteiger partial charge is 0.323 e. The van der Waals surface area contributed by atoms with Crippen molar-refractivity contribution in [2.24, 2.45) is 0 Å². The maximum absolute atomic E-state index is 12.9. The summed E-state index contributed by atoms with van der Waals surface area (Å²) in [4.78, 5) is 20.0. The monoisotopic (exact) mass is 488 g/mol. The first-order chi connectivity index (χ1) is 18.2. The van der Waals surface area contributed by atoms with E-state index in [9.17, 15) is 4.79 Å². The van der Waals surface area contributed by atoms with E-state index in [2.05, 4.69) is 39.8 Å². The Morgan fingerprint density at radius 3 is 2.41 bits per heavy atom. The minimum absolute atomic E-state index is 0.276. The van der Waals surface area contributed by atoms with Gasteiger partial charge in [-0.25, -0.2) is 4.79 Å². The number of nitrogens with zero attached hydrogens (tertiary/aromatic N) is 2. The fourth-order valence-electron chi connectivity index (χ4n) is 4.88. The Bertz CT molecular complexity index is 1560. The molecule has 1 aliphatic rings. The molecule has 37 heavy (non-hydrogen) atoms. The lowest BCUT2D eigenvalue weighted by molar-refractivity contribution is 0.0336. The molecule has 5 aromatic rings. The van der Waals surface area contributed by atoms with E-state index in [4.69, 9.17) is 9.72 Å². The standard InChI is InChI=1S/C31H28N4O2/c36-31(33-25-11-9-22-5-1-2-6-23(22)19-25)34-30-14-13-27(28-7-3-4-8-29(28)30)24-10-12-26(32-20-24)21-35-15-17-37-18-16-35/h1-14,19-20H,15-18,21H2,(H2,33,34,36). The second-order valence-electron chi connectivity index (χ2n) is 9.27. The van der Waals surface area contributed by atoms with Gasteiger partial charge in [0.2, 0.25) is 0 Å². The number of morpholine rings is 1. The number of pyridine rings is 1. The molecule has 1 aliphatic heterocycles. The van der Waals surface area contributed by atoms with Gasteiger partial charge >= 0.3 is 6.03 Å². The second-order valence-corrected chi connectivity index (χ2v) is 9.27. The zero-order valence-electron chi connectivity index (χ0n) is 20.5. The number of fused-ring (bicyclic) bond motifs is 2. The quantitative estimate of drug-likeness (QED) is 0.295. The van der Waals surface area contributed by atoms with Crippen molar-refractivity contribution >= 4 is 39.0 Å². The van der Waals surface area contributed by atoms with Crippen molar-refractivity contribution < 1.29 is 9.53 Å². The molecule has 0 radical (unpaired) electrons. The molecule has 0 spiro atoms. The zero-order valence-corrected chi connectivity index (χ0v) is 20.5. The normalized spacial score (nSPS) is 14.1. The number of benzene rings is 4. The largest absolute Gasteiger partial charge is 0.379 e. The predicted molar refractivity (Wildman–Crippen MR) is 150 cm³/mol. The molecular formula is C31H28N4O2. The average Bonchev–Trinajstić information content (AvgIpc) is 2.94. The summed E-state index contributed by atoms with van der Waals surface area (Å²) >= 11 is 0. The van der Waals surface area contributed by atoms with Gasteiger partial charge in [-0.15, -0.1) is 0 Å². The van der Waals surface area contributed by atoms with Crippen LogP contribution in [-0.2, 0) is 11.3 Å². The van der Waals surface area contributed by atoms with Crippen LogP contribution in [0.1, 0.15) is 5.69 Å². The van der Waals surface area contributed by atoms with E-state index in [1.54, 1.807) is 0 Å². The van der Waals surface area contributed by atoms with Gasteiger partial charge in [0.1, 0.15) is 0 Å². The minimum atomic E-state index is -0.276. The lowest BCUT2D eigenvalue weighted by atomic mass is 9.98. The highest BCUT2D eigenvalue weighted by Crippen LogP contribution is 2.33. The van der Waals surface area contributed by atoms with Crippen molar-refractivity contribution in [2.75, 3.05) is 36.9 Å². The van der Waals surface area contributed by atoms with Crippen molar-refractivity contribution in [3.8, 4) is 11.1 Å². The fraction of sp³-hybridized carbons (Fsp3) is 0.161. The lowest BCUT2D eigenvalue weighted by Crippen LogP contribution is -2.35. The Morgan fingerprint density at radius 2 is 1.59 bits per heavy atom. The summed E-state index contributed by atoms with van der Waals surface area (Å²) in [5.74, 6) is 0. The van der Waals surface area contributed by atoms with E-state index >= 15 is 0 Å². The third-order valence-electron chi connectivity index (χ3n) is 6.80. The molecule has 0 bridgehead atoms. The van der Waals surface area contributed by atoms with Crippen LogP contribution in [-0.4, -0.2) is 42.2 Å². The number of anilines is 2. The Kier molecular flexibility index (Phi) is 6.50. The first kappa shape index (κ1) is 23.2. The number of urea groups is 1. The van der Waals surface area contributed by atoms with Gasteiger partial charge in [-0.2, -0.15) is 0 Å². The number of nitrogens with one attached hydrogen (secondary N) is 2. The highest BCUT2D eigenvalue weighted by atomic mass is 16.5. The molecule has 6 heteroatoms. The molecule has 184 valence electrons. The minimum Gasteiger partial charge on any atom is -0.379 e. The fourth-order valence-corrected chi connectivity index (χ4v) is 4.88. The molecule has 0 unspecified atom stereocenters. The molecule has 2 amide bonds. The summed E-state index contributed by atoms with van der Waals surface area (Å²) < 4.78 is 5.44. The van der Waals surface area contributed by atoms with Gasteiger partial charge in [0.05, 0.1) is 24.6 Å². The summed E-state index contributed by atoms with van der Waals surface area (Å²) in [6, 6.07) is 30.1. The highest BCUT2D eigenvalue weighted by molar-refractivity contribution is 6.10. The number of aromatic nitrogens is 1. The third-order valence-corrected chi connectivity index (χ3v) is 6.80. The first-order valence-corrected chi connectivity index (χ1v) is 12.6. The summed E-state index contributed by atoms with van der Waals surface area (Å²) in [5, 5.41) is 10.3. The van der Waals surface area contributed by atoms with Gasteiger partial charge in [-0.1, -0.05) is 66.7 Å². The van der Waals surface area contributed by atoms with Crippen LogP contribution >= 0.6 is 0 Å². The molecule has 1 saturated heterocycles. The van der Waals surface area contributed by atoms with Crippen molar-refractivity contribution in [2.45, 2.75) is 6.54 Å². The third kappa shape index (κ3) is 5.16. The van der Waals surface area contributed by atoms with E-state index in [1.165, 1.54) is 0 Å². The van der Waals surface area contributed by atoms with E-state index in [0.717, 1.165) is 82.6 Å². The van der Waals surface area contributed by atoms with E-state index in [1.807, 2.05) is 72.9 Å². The molecule has 2 heterocycles. The average molecular weight is 489 g/mol. The summed E-state index contributed by atoms with van der Waals surface area (Å²) in [5.41, 5.74) is 4.70. The number of hydrogen-bond acceptors (Lipinski definition) is 4. The van der Waals surface area contributed by atoms with E-state index in [0.29, 0.717) is 0 Å². The van der Waals surface area contributed by atoms with Gasteiger partial charge < -0.3 is 15.4 Å². The van der Waals surface area contributed by atoms with Gasteiger partial charge in [-0.3, -0.25) is 9.88 Å². The van der Waals surface area contributed by atoms with Crippen LogP contribution in [0.15, 0.2) is 97.2 Å². The molecule has 1 aromatic heterocycles. The van der Waals surface area contributed by atoms with Crippen LogP contribution in [0.4, 0.5) is 16.2 Å². The topological polar surface area (TPSA) is 66.5 Å². The highest BCUT2D eigenvalue weighted by Gasteiger charge is 2.13. The van der Waals surface area contributed by atoms with Crippen molar-refractivity contribution in [3.05, 3.63) is 103 Å². The second kappa shape index (κ2) is 10.4. The number of carbonyl (C=O) groups is 1. The summed E-state index contributed by atoms with van der Waals surface area (Å²) in [6.07, 6.45) is 1.94. The van der Waals surface area contributed by atoms with Crippen LogP contribution < -0.4 is 10.6 Å². The van der Waals surface area contributed by atoms with Gasteiger partial charge in [0.25, 0.3) is 0 Å². The SMILES string of the molecule is O=C(Nc1ccc2ccccc2c1)Nc1ccc(-c2ccc(CN3CCOCC3)nc2)c2ccccc12. The molecule has 0 aliphatic carbocycles. The van der Waals surface area contributed by atoms with Crippen LogP contribution in [0.3, 0.4) is 0 Å². The maximum atomic E-state index is 12.9. The number of rotatable bonds is 5. The zero-order chi connectivity index (χ0) is 25.0. The number of amides is 2. The van der Waals surface area contributed by atoms with Crippen molar-refractivity contribution in [3.63, 3.8) is 0 Å². The van der Waals surface area contributed by atoms with Crippen LogP contribution in [0.25, 0.3) is 32.7 Å². The predicted octanol–water partition coefficient (Wildman–Crippen LogP) is 6.53. The molecular weight excluding hydrogens is 460 g/mol. The number of ether oxygens (including phenoxy) is 1. The Labute approximate surface area is 215 Å². The lowest BCUT2D eigenvalue weighted by Gasteiger charge is -2.26. The van der Waals surface area contributed by atoms with E-state index < -0.39 is 0 Å². The Balaban J connectivity index is 1.21. The summed E-state index contributed by atoms with van der Waals surface area (Å²) in [6.45, 7) is 4.28. The molecule has 6 rings (SSSR count). The number of hydrogen-bond donors (Lipinski definition) is 2. The molecule has 4 aromatic carbocycles. The number of carbonyl (C=O) groups excluding carboxylic acids is 1. The molecule has 6 nitrogen and oxygen atoms in total. The van der Waals surface area contributed by atoms with Crippen molar-refractivity contribution in [1.82, 2.24) is 9.88 Å². The van der Waals surface area contributed by atoms with Gasteiger partial charge in [0.15, 0.2) is 0 Å². The van der Waals surface area contributed by atoms with Crippen LogP contribution in [0, 0.1) is 0 Å². The van der Waals surface area contributed by atoms with Crippen LogP contribution in [0.5, 0.6) is 0 Å². The van der Waals surface area contributed by atoms with Crippen LogP contribution in [0.2, 0.25) is 0 Å². The molecule has 0 atom stereocenters. The molecule has 2 N–H and O–H groups in total. The Hall–Kier alpha value is -4.26. The first-order valence-electron chi connectivity index (χ1n) is 12.6. The van der Waals surface area contributed by atoms with Gasteiger partial charge in [-0.05, 0) is 46.0 Å². The molecule has 0 saturated carbocycles. The van der Waals surface area contributed by atoms with Crippen molar-refractivity contribution in [1.29, 1.82) is 0 Å². The van der Waals surface area contributed by atoms with Gasteiger partial charge in [0, 0.05) is 42.5 Å². The Morgan fingerprint density at radius 1 is 0.811 bits per heavy atom.